The van der Waals surface area contributed by atoms with Gasteiger partial charge in [-0.15, -0.1) is 0 Å². The van der Waals surface area contributed by atoms with Crippen LogP contribution in [-0.2, 0) is 0 Å². The quantitative estimate of drug-likeness (QED) is 0.702. The van der Waals surface area contributed by atoms with E-state index in [1.807, 2.05) is 25.1 Å². The molecule has 20 heavy (non-hydrogen) atoms. The summed E-state index contributed by atoms with van der Waals surface area (Å²) in [6, 6.07) is 9.21. The molecule has 0 atom stereocenters. The Hall–Kier alpha value is -2.49. The summed E-state index contributed by atoms with van der Waals surface area (Å²) < 4.78 is 26.9. The van der Waals surface area contributed by atoms with E-state index in [2.05, 4.69) is 4.98 Å². The molecule has 0 spiro atoms. The monoisotopic (exact) mass is 271 g/mol. The first-order valence-electron chi connectivity index (χ1n) is 6.14. The number of nitrogens with one attached hydrogen (secondary N) is 1. The van der Waals surface area contributed by atoms with Crippen LogP contribution in [0.3, 0.4) is 0 Å². The Kier molecular flexibility index (Phi) is 2.86. The SMILES string of the molecule is Cc1ccc2[nH]cc(C(=O)c3cccc(F)c3F)c2c1. The summed E-state index contributed by atoms with van der Waals surface area (Å²) >= 11 is 0. The average Bonchev–Trinajstić information content (AvgIpc) is 2.84. The Morgan fingerprint density at radius 1 is 1.10 bits per heavy atom. The van der Waals surface area contributed by atoms with Crippen LogP contribution in [0.4, 0.5) is 8.78 Å². The molecule has 1 heterocycles. The Morgan fingerprint density at radius 3 is 2.70 bits per heavy atom. The molecule has 2 aromatic carbocycles. The van der Waals surface area contributed by atoms with Crippen LogP contribution in [0.5, 0.6) is 0 Å². The van der Waals surface area contributed by atoms with Gasteiger partial charge in [-0.25, -0.2) is 8.78 Å². The van der Waals surface area contributed by atoms with Gasteiger partial charge in [0.2, 0.25) is 0 Å². The lowest BCUT2D eigenvalue weighted by atomic mass is 10.0. The lowest BCUT2D eigenvalue weighted by molar-refractivity contribution is 0.103. The topological polar surface area (TPSA) is 32.9 Å². The van der Waals surface area contributed by atoms with Crippen molar-refractivity contribution in [3.8, 4) is 0 Å². The zero-order valence-electron chi connectivity index (χ0n) is 10.7. The van der Waals surface area contributed by atoms with Crippen LogP contribution in [0, 0.1) is 18.6 Å². The normalized spacial score (nSPS) is 10.9. The van der Waals surface area contributed by atoms with Crippen molar-refractivity contribution in [1.82, 2.24) is 4.98 Å². The fraction of sp³-hybridized carbons (Fsp3) is 0.0625. The van der Waals surface area contributed by atoms with Crippen LogP contribution in [-0.4, -0.2) is 10.8 Å². The number of aromatic amines is 1. The average molecular weight is 271 g/mol. The third kappa shape index (κ3) is 1.90. The minimum Gasteiger partial charge on any atom is -0.360 e. The number of fused-ring (bicyclic) bond motifs is 1. The molecule has 0 radical (unpaired) electrons. The van der Waals surface area contributed by atoms with Gasteiger partial charge in [0, 0.05) is 22.7 Å². The van der Waals surface area contributed by atoms with Crippen molar-refractivity contribution in [3.05, 3.63) is 70.9 Å². The van der Waals surface area contributed by atoms with Gasteiger partial charge in [-0.2, -0.15) is 0 Å². The molecular formula is C16H11F2NO. The van der Waals surface area contributed by atoms with Crippen LogP contribution in [0.25, 0.3) is 10.9 Å². The summed E-state index contributed by atoms with van der Waals surface area (Å²) in [6.07, 6.45) is 1.52. The first kappa shape index (κ1) is 12.5. The van der Waals surface area contributed by atoms with Gasteiger partial charge in [0.15, 0.2) is 17.4 Å². The van der Waals surface area contributed by atoms with E-state index in [4.69, 9.17) is 0 Å². The number of halogens is 2. The molecule has 3 aromatic rings. The molecule has 0 amide bonds. The van der Waals surface area contributed by atoms with Crippen molar-refractivity contribution < 1.29 is 13.6 Å². The standard InChI is InChI=1S/C16H11F2NO/c1-9-5-6-14-11(7-9)12(8-19-14)16(20)10-3-2-4-13(17)15(10)18/h2-8,19H,1H3. The number of ketones is 1. The van der Waals surface area contributed by atoms with E-state index in [1.54, 1.807) is 0 Å². The molecule has 1 N–H and O–H groups in total. The number of aromatic nitrogens is 1. The summed E-state index contributed by atoms with van der Waals surface area (Å²) in [6.45, 7) is 1.91. The fourth-order valence-electron chi connectivity index (χ4n) is 2.25. The van der Waals surface area contributed by atoms with Gasteiger partial charge in [0.1, 0.15) is 0 Å². The van der Waals surface area contributed by atoms with Crippen LogP contribution in [0.2, 0.25) is 0 Å². The predicted octanol–water partition coefficient (Wildman–Crippen LogP) is 3.99. The van der Waals surface area contributed by atoms with Crippen molar-refractivity contribution in [2.24, 2.45) is 0 Å². The number of benzene rings is 2. The largest absolute Gasteiger partial charge is 0.360 e. The summed E-state index contributed by atoms with van der Waals surface area (Å²) in [4.78, 5) is 15.3. The minimum atomic E-state index is -1.11. The van der Waals surface area contributed by atoms with Gasteiger partial charge in [-0.05, 0) is 31.2 Å². The molecule has 0 aliphatic carbocycles. The van der Waals surface area contributed by atoms with Crippen molar-refractivity contribution in [1.29, 1.82) is 0 Å². The third-order valence-corrected chi connectivity index (χ3v) is 3.28. The Labute approximate surface area is 114 Å². The van der Waals surface area contributed by atoms with Crippen molar-refractivity contribution >= 4 is 16.7 Å². The molecule has 2 nitrogen and oxygen atoms in total. The highest BCUT2D eigenvalue weighted by Crippen LogP contribution is 2.24. The molecule has 0 aliphatic rings. The van der Waals surface area contributed by atoms with E-state index in [0.717, 1.165) is 17.1 Å². The summed E-state index contributed by atoms with van der Waals surface area (Å²) in [5.74, 6) is -2.66. The second-order valence-electron chi connectivity index (χ2n) is 4.68. The van der Waals surface area contributed by atoms with Gasteiger partial charge < -0.3 is 4.98 Å². The Balaban J connectivity index is 2.18. The molecule has 1 aromatic heterocycles. The van der Waals surface area contributed by atoms with Gasteiger partial charge in [-0.1, -0.05) is 17.7 Å². The van der Waals surface area contributed by atoms with Crippen LogP contribution in [0.15, 0.2) is 42.6 Å². The van der Waals surface area contributed by atoms with Crippen LogP contribution >= 0.6 is 0 Å². The second-order valence-corrected chi connectivity index (χ2v) is 4.68. The lowest BCUT2D eigenvalue weighted by Gasteiger charge is -2.03. The second kappa shape index (κ2) is 4.56. The number of carbonyl (C=O) groups excluding carboxylic acids is 1. The van der Waals surface area contributed by atoms with Gasteiger partial charge in [0.25, 0.3) is 0 Å². The number of carbonyl (C=O) groups is 1. The Bertz CT molecular complexity index is 820. The van der Waals surface area contributed by atoms with Gasteiger partial charge in [0.05, 0.1) is 5.56 Å². The van der Waals surface area contributed by atoms with E-state index >= 15 is 0 Å². The highest BCUT2D eigenvalue weighted by Gasteiger charge is 2.19. The predicted molar refractivity (Wildman–Crippen MR) is 72.8 cm³/mol. The number of H-pyrrole nitrogens is 1. The fourth-order valence-corrected chi connectivity index (χ4v) is 2.25. The molecule has 0 fully saturated rings. The Morgan fingerprint density at radius 2 is 1.90 bits per heavy atom. The first-order valence-corrected chi connectivity index (χ1v) is 6.14. The molecule has 100 valence electrons. The van der Waals surface area contributed by atoms with Gasteiger partial charge >= 0.3 is 0 Å². The van der Waals surface area contributed by atoms with E-state index in [9.17, 15) is 13.6 Å². The molecule has 0 saturated carbocycles. The smallest absolute Gasteiger partial charge is 0.198 e. The van der Waals surface area contributed by atoms with Crippen molar-refractivity contribution in [3.63, 3.8) is 0 Å². The lowest BCUT2D eigenvalue weighted by Crippen LogP contribution is -2.05. The third-order valence-electron chi connectivity index (χ3n) is 3.28. The summed E-state index contributed by atoms with van der Waals surface area (Å²) in [5, 5.41) is 0.707. The molecule has 0 bridgehead atoms. The van der Waals surface area contributed by atoms with E-state index in [1.165, 1.54) is 18.3 Å². The molecular weight excluding hydrogens is 260 g/mol. The summed E-state index contributed by atoms with van der Waals surface area (Å²) in [7, 11) is 0. The zero-order chi connectivity index (χ0) is 14.3. The maximum atomic E-state index is 13.7. The van der Waals surface area contributed by atoms with E-state index in [-0.39, 0.29) is 5.56 Å². The summed E-state index contributed by atoms with van der Waals surface area (Å²) in [5.41, 5.74) is 1.86. The van der Waals surface area contributed by atoms with Gasteiger partial charge in [-0.3, -0.25) is 4.79 Å². The number of hydrogen-bond donors (Lipinski definition) is 1. The number of hydrogen-bond acceptors (Lipinski definition) is 1. The molecule has 4 heteroatoms. The zero-order valence-corrected chi connectivity index (χ0v) is 10.7. The minimum absolute atomic E-state index is 0.257. The van der Waals surface area contributed by atoms with E-state index in [0.29, 0.717) is 10.9 Å². The van der Waals surface area contributed by atoms with E-state index < -0.39 is 17.4 Å². The first-order chi connectivity index (χ1) is 9.58. The molecule has 3 rings (SSSR count). The maximum Gasteiger partial charge on any atom is 0.198 e. The molecule has 0 aliphatic heterocycles. The molecule has 0 unspecified atom stereocenters. The highest BCUT2D eigenvalue weighted by molar-refractivity contribution is 6.16. The maximum absolute atomic E-state index is 13.7. The number of rotatable bonds is 2. The number of aryl methyl sites for hydroxylation is 1. The van der Waals surface area contributed by atoms with Crippen LogP contribution < -0.4 is 0 Å². The van der Waals surface area contributed by atoms with Crippen molar-refractivity contribution in [2.45, 2.75) is 6.92 Å². The van der Waals surface area contributed by atoms with Crippen LogP contribution in [0.1, 0.15) is 21.5 Å². The highest BCUT2D eigenvalue weighted by atomic mass is 19.2. The molecule has 0 saturated heterocycles. The van der Waals surface area contributed by atoms with Crippen molar-refractivity contribution in [2.75, 3.05) is 0 Å².